The van der Waals surface area contributed by atoms with Crippen LogP contribution in [-0.2, 0) is 36.7 Å². The van der Waals surface area contributed by atoms with Crippen LogP contribution in [0, 0.1) is 22.7 Å². The Hall–Kier alpha value is -2.63. The molecule has 246 valence electrons. The van der Waals surface area contributed by atoms with Crippen LogP contribution in [0.2, 0.25) is 0 Å². The van der Waals surface area contributed by atoms with E-state index in [-0.39, 0.29) is 47.8 Å². The van der Waals surface area contributed by atoms with Gasteiger partial charge in [-0.3, -0.25) is 14.5 Å². The molecule has 1 aromatic carbocycles. The van der Waals surface area contributed by atoms with Gasteiger partial charge in [0.2, 0.25) is 11.8 Å². The van der Waals surface area contributed by atoms with Crippen LogP contribution in [0.1, 0.15) is 91.7 Å². The lowest BCUT2D eigenvalue weighted by molar-refractivity contribution is -0.199. The third-order valence-corrected chi connectivity index (χ3v) is 11.6. The summed E-state index contributed by atoms with van der Waals surface area (Å²) in [6.45, 7) is 15.7. The summed E-state index contributed by atoms with van der Waals surface area (Å²) in [5.41, 5.74) is 7.93. The van der Waals surface area contributed by atoms with Crippen LogP contribution in [0.4, 0.5) is 4.79 Å². The van der Waals surface area contributed by atoms with Crippen molar-refractivity contribution in [1.29, 1.82) is 0 Å². The van der Waals surface area contributed by atoms with Crippen molar-refractivity contribution in [3.63, 3.8) is 0 Å². The molecule has 3 N–H and O–H groups in total. The first-order valence-corrected chi connectivity index (χ1v) is 16.9. The number of benzene rings is 1. The summed E-state index contributed by atoms with van der Waals surface area (Å²) in [6, 6.07) is 6.29. The van der Waals surface area contributed by atoms with E-state index >= 15 is 0 Å². The quantitative estimate of drug-likeness (QED) is 0.440. The third-order valence-electron chi connectivity index (χ3n) is 11.6. The first-order valence-electron chi connectivity index (χ1n) is 16.9. The molecule has 3 heterocycles. The molecule has 10 nitrogen and oxygen atoms in total. The Kier molecular flexibility index (Phi) is 8.30. The van der Waals surface area contributed by atoms with E-state index in [0.717, 1.165) is 30.4 Å². The maximum absolute atomic E-state index is 14.1. The zero-order valence-corrected chi connectivity index (χ0v) is 28.0. The normalized spacial score (nSPS) is 32.8. The van der Waals surface area contributed by atoms with Gasteiger partial charge in [0.15, 0.2) is 0 Å². The molecule has 3 saturated carbocycles. The van der Waals surface area contributed by atoms with Gasteiger partial charge in [0.25, 0.3) is 0 Å². The lowest BCUT2D eigenvalue weighted by Gasteiger charge is -2.64. The van der Waals surface area contributed by atoms with Crippen LogP contribution < -0.4 is 11.1 Å². The molecule has 3 aliphatic heterocycles. The van der Waals surface area contributed by atoms with Gasteiger partial charge in [-0.1, -0.05) is 72.2 Å². The molecule has 0 radical (unpaired) electrons. The van der Waals surface area contributed by atoms with Gasteiger partial charge in [0.05, 0.1) is 30.2 Å². The highest BCUT2D eigenvalue weighted by Gasteiger charge is 2.68. The summed E-state index contributed by atoms with van der Waals surface area (Å²) >= 11 is 0. The largest absolute Gasteiger partial charge is 0.481 e. The molecule has 1 aromatic rings. The standard InChI is InChI=1S/C34H51BN4O6/c1-8-11-27(35-44-26-15-22-14-25(33(22,5)6)34(26,7)45-35)37-29(40)24-16-23(19-39(24)30(41)28(36)32(2,3)4)43-31(42)38-17-20-12-9-10-13-21(20)18-38/h9-10,12-13,22-28H,8,11,14-19,36H2,1-7H3,(H,37,40)/t22-,23+,24-,25-,26+,27-,28+,34-/m0/s1. The second kappa shape index (κ2) is 11.6. The first-order chi connectivity index (χ1) is 21.1. The average Bonchev–Trinajstić information content (AvgIpc) is 3.69. The number of likely N-dealkylation sites (tertiary alicyclic amines) is 1. The van der Waals surface area contributed by atoms with Gasteiger partial charge in [-0.05, 0) is 60.0 Å². The minimum Gasteiger partial charge on any atom is -0.444 e. The van der Waals surface area contributed by atoms with Crippen LogP contribution in [0.25, 0.3) is 0 Å². The highest BCUT2D eigenvalue weighted by molar-refractivity contribution is 6.47. The molecule has 0 unspecified atom stereocenters. The molecule has 3 aliphatic carbocycles. The van der Waals surface area contributed by atoms with E-state index in [2.05, 4.69) is 33.0 Å². The fourth-order valence-corrected chi connectivity index (χ4v) is 8.54. The number of nitrogens with two attached hydrogens (primary N) is 1. The number of carbonyl (C=O) groups excluding carboxylic acids is 3. The summed E-state index contributed by atoms with van der Waals surface area (Å²) < 4.78 is 19.2. The van der Waals surface area contributed by atoms with Crippen molar-refractivity contribution < 1.29 is 28.4 Å². The van der Waals surface area contributed by atoms with Crippen LogP contribution in [0.5, 0.6) is 0 Å². The number of nitrogens with zero attached hydrogens (tertiary/aromatic N) is 2. The van der Waals surface area contributed by atoms with E-state index in [1.165, 1.54) is 4.90 Å². The minimum absolute atomic E-state index is 0.00499. The van der Waals surface area contributed by atoms with E-state index < -0.39 is 36.8 Å². The molecule has 7 rings (SSSR count). The van der Waals surface area contributed by atoms with Crippen molar-refractivity contribution >= 4 is 25.0 Å². The summed E-state index contributed by atoms with van der Waals surface area (Å²) in [4.78, 5) is 44.2. The lowest BCUT2D eigenvalue weighted by Crippen LogP contribution is -2.65. The van der Waals surface area contributed by atoms with Gasteiger partial charge >= 0.3 is 13.2 Å². The second-order valence-corrected chi connectivity index (χ2v) is 16.0. The van der Waals surface area contributed by atoms with Gasteiger partial charge in [0.1, 0.15) is 12.1 Å². The second-order valence-electron chi connectivity index (χ2n) is 16.0. The minimum atomic E-state index is -0.829. The van der Waals surface area contributed by atoms with Gasteiger partial charge in [-0.25, -0.2) is 4.79 Å². The monoisotopic (exact) mass is 622 g/mol. The van der Waals surface area contributed by atoms with Crippen LogP contribution in [0.3, 0.4) is 0 Å². The van der Waals surface area contributed by atoms with Crippen molar-refractivity contribution in [1.82, 2.24) is 15.1 Å². The number of carbonyl (C=O) groups is 3. The molecule has 2 bridgehead atoms. The molecule has 5 fully saturated rings. The highest BCUT2D eigenvalue weighted by Crippen LogP contribution is 2.65. The molecule has 0 spiro atoms. The fraction of sp³-hybridized carbons (Fsp3) is 0.735. The maximum Gasteiger partial charge on any atom is 0.481 e. The molecule has 45 heavy (non-hydrogen) atoms. The number of fused-ring (bicyclic) bond motifs is 1. The van der Waals surface area contributed by atoms with Gasteiger partial charge in [-0.2, -0.15) is 0 Å². The predicted octanol–water partition coefficient (Wildman–Crippen LogP) is 4.03. The SMILES string of the molecule is CCC[C@H](NC(=O)[C@@H]1C[C@@H](OC(=O)N2Cc3ccccc3C2)CN1C(=O)[C@@H](N)C(C)(C)C)B1O[C@@H]2C[C@@H]3C[C@@H](C3(C)C)[C@]2(C)O1. The van der Waals surface area contributed by atoms with E-state index in [1.54, 1.807) is 4.90 Å². The number of ether oxygens (including phenoxy) is 1. The summed E-state index contributed by atoms with van der Waals surface area (Å²) in [7, 11) is -0.563. The highest BCUT2D eigenvalue weighted by atomic mass is 16.7. The first kappa shape index (κ1) is 32.3. The van der Waals surface area contributed by atoms with Crippen LogP contribution in [0.15, 0.2) is 24.3 Å². The molecule has 0 aromatic heterocycles. The number of hydrogen-bond donors (Lipinski definition) is 2. The number of rotatable bonds is 7. The van der Waals surface area contributed by atoms with Gasteiger partial charge in [0, 0.05) is 19.5 Å². The van der Waals surface area contributed by atoms with E-state index in [0.29, 0.717) is 31.3 Å². The van der Waals surface area contributed by atoms with Crippen molar-refractivity contribution in [3.05, 3.63) is 35.4 Å². The smallest absolute Gasteiger partial charge is 0.444 e. The Labute approximate surface area is 268 Å². The van der Waals surface area contributed by atoms with Crippen molar-refractivity contribution in [2.24, 2.45) is 28.4 Å². The van der Waals surface area contributed by atoms with Crippen LogP contribution in [-0.4, -0.2) is 77.2 Å². The molecular formula is C34H51BN4O6. The van der Waals surface area contributed by atoms with E-state index in [1.807, 2.05) is 45.0 Å². The van der Waals surface area contributed by atoms with E-state index in [4.69, 9.17) is 19.8 Å². The number of amides is 3. The zero-order chi connectivity index (χ0) is 32.5. The third kappa shape index (κ3) is 5.67. The Morgan fingerprint density at radius 1 is 1.11 bits per heavy atom. The Morgan fingerprint density at radius 2 is 1.78 bits per heavy atom. The van der Waals surface area contributed by atoms with Crippen LogP contribution >= 0.6 is 0 Å². The Bertz CT molecular complexity index is 1310. The fourth-order valence-electron chi connectivity index (χ4n) is 8.54. The summed E-state index contributed by atoms with van der Waals surface area (Å²) in [5.74, 6) is 0.0461. The molecule has 2 saturated heterocycles. The summed E-state index contributed by atoms with van der Waals surface area (Å²) in [5, 5.41) is 3.21. The lowest BCUT2D eigenvalue weighted by atomic mass is 9.43. The average molecular weight is 623 g/mol. The Balaban J connectivity index is 1.16. The Morgan fingerprint density at radius 3 is 2.38 bits per heavy atom. The number of hydrogen-bond acceptors (Lipinski definition) is 7. The number of nitrogens with one attached hydrogen (secondary N) is 1. The summed E-state index contributed by atoms with van der Waals surface area (Å²) in [6.07, 6.45) is 2.74. The topological polar surface area (TPSA) is 123 Å². The van der Waals surface area contributed by atoms with Gasteiger partial charge < -0.3 is 30.0 Å². The zero-order valence-electron chi connectivity index (χ0n) is 28.0. The molecule has 8 atom stereocenters. The van der Waals surface area contributed by atoms with Crippen molar-refractivity contribution in [2.45, 2.75) is 129 Å². The van der Waals surface area contributed by atoms with Crippen molar-refractivity contribution in [2.75, 3.05) is 6.54 Å². The van der Waals surface area contributed by atoms with Crippen molar-refractivity contribution in [3.8, 4) is 0 Å². The molecule has 11 heteroatoms. The van der Waals surface area contributed by atoms with E-state index in [9.17, 15) is 14.4 Å². The molecular weight excluding hydrogens is 571 g/mol. The predicted molar refractivity (Wildman–Crippen MR) is 170 cm³/mol. The van der Waals surface area contributed by atoms with Gasteiger partial charge in [-0.15, -0.1) is 0 Å². The molecule has 3 amide bonds. The maximum atomic E-state index is 14.1. The molecule has 6 aliphatic rings.